The van der Waals surface area contributed by atoms with Gasteiger partial charge in [-0.2, -0.15) is 0 Å². The molecule has 0 unspecified atom stereocenters. The molecule has 0 spiro atoms. The summed E-state index contributed by atoms with van der Waals surface area (Å²) in [4.78, 5) is 12.2. The molecule has 1 amide bonds. The number of para-hydroxylation sites is 1. The lowest BCUT2D eigenvalue weighted by Crippen LogP contribution is -2.17. The Morgan fingerprint density at radius 1 is 1.09 bits per heavy atom. The third kappa shape index (κ3) is 4.91. The number of hydrogen-bond acceptors (Lipinski definition) is 3. The van der Waals surface area contributed by atoms with Gasteiger partial charge in [0.15, 0.2) is 0 Å². The maximum atomic E-state index is 12.2. The van der Waals surface area contributed by atoms with Gasteiger partial charge in [0.25, 0.3) is 5.91 Å². The zero-order valence-corrected chi connectivity index (χ0v) is 12.2. The molecule has 122 valence electrons. The summed E-state index contributed by atoms with van der Waals surface area (Å²) >= 11 is 0. The Bertz CT molecular complexity index is 669. The SMILES string of the molecule is CCOc1ccccc1C(=O)Nc1ccc(OC(F)(F)F)cc1. The highest BCUT2D eigenvalue weighted by Gasteiger charge is 2.30. The molecular formula is C16H14F3NO3. The van der Waals surface area contributed by atoms with Gasteiger partial charge >= 0.3 is 6.36 Å². The second kappa shape index (κ2) is 7.04. The Hall–Kier alpha value is -2.70. The fraction of sp³-hybridized carbons (Fsp3) is 0.188. The Labute approximate surface area is 130 Å². The van der Waals surface area contributed by atoms with Crippen molar-refractivity contribution in [3.05, 3.63) is 54.1 Å². The first-order chi connectivity index (χ1) is 10.9. The number of alkyl halides is 3. The van der Waals surface area contributed by atoms with E-state index < -0.39 is 12.3 Å². The van der Waals surface area contributed by atoms with Gasteiger partial charge < -0.3 is 14.8 Å². The van der Waals surface area contributed by atoms with Gasteiger partial charge in [0.2, 0.25) is 0 Å². The number of carbonyl (C=O) groups is 1. The van der Waals surface area contributed by atoms with Crippen molar-refractivity contribution in [1.29, 1.82) is 0 Å². The molecule has 1 N–H and O–H groups in total. The Kier molecular flexibility index (Phi) is 5.10. The van der Waals surface area contributed by atoms with Crippen LogP contribution in [0.4, 0.5) is 18.9 Å². The van der Waals surface area contributed by atoms with Crippen LogP contribution >= 0.6 is 0 Å². The van der Waals surface area contributed by atoms with E-state index in [9.17, 15) is 18.0 Å². The van der Waals surface area contributed by atoms with E-state index in [4.69, 9.17) is 4.74 Å². The summed E-state index contributed by atoms with van der Waals surface area (Å²) < 4.78 is 45.4. The third-order valence-electron chi connectivity index (χ3n) is 2.78. The number of rotatable bonds is 5. The average Bonchev–Trinajstić information content (AvgIpc) is 2.48. The molecule has 2 aromatic rings. The van der Waals surface area contributed by atoms with E-state index in [1.54, 1.807) is 31.2 Å². The molecule has 0 fully saturated rings. The topological polar surface area (TPSA) is 47.6 Å². The fourth-order valence-electron chi connectivity index (χ4n) is 1.87. The zero-order valence-electron chi connectivity index (χ0n) is 12.2. The van der Waals surface area contributed by atoms with Crippen LogP contribution in [0.25, 0.3) is 0 Å². The van der Waals surface area contributed by atoms with E-state index in [1.165, 1.54) is 12.1 Å². The van der Waals surface area contributed by atoms with Gasteiger partial charge in [-0.1, -0.05) is 12.1 Å². The highest BCUT2D eigenvalue weighted by atomic mass is 19.4. The molecular weight excluding hydrogens is 311 g/mol. The van der Waals surface area contributed by atoms with Gasteiger partial charge in [0.05, 0.1) is 12.2 Å². The molecule has 2 aromatic carbocycles. The molecule has 0 bridgehead atoms. The van der Waals surface area contributed by atoms with Gasteiger partial charge in [0, 0.05) is 5.69 Å². The van der Waals surface area contributed by atoms with E-state index in [0.717, 1.165) is 12.1 Å². The van der Waals surface area contributed by atoms with Crippen LogP contribution in [0.2, 0.25) is 0 Å². The number of hydrogen-bond donors (Lipinski definition) is 1. The standard InChI is InChI=1S/C16H14F3NO3/c1-2-22-14-6-4-3-5-13(14)15(21)20-11-7-9-12(10-8-11)23-16(17,18)19/h3-10H,2H2,1H3,(H,20,21). The summed E-state index contributed by atoms with van der Waals surface area (Å²) in [5.74, 6) is -0.340. The smallest absolute Gasteiger partial charge is 0.493 e. The number of ether oxygens (including phenoxy) is 2. The number of halogens is 3. The van der Waals surface area contributed by atoms with E-state index >= 15 is 0 Å². The summed E-state index contributed by atoms with van der Waals surface area (Å²) in [6, 6.07) is 11.6. The minimum Gasteiger partial charge on any atom is -0.493 e. The third-order valence-corrected chi connectivity index (χ3v) is 2.78. The molecule has 4 nitrogen and oxygen atoms in total. The maximum Gasteiger partial charge on any atom is 0.573 e. The van der Waals surface area contributed by atoms with Gasteiger partial charge in [-0.15, -0.1) is 13.2 Å². The summed E-state index contributed by atoms with van der Waals surface area (Å²) in [6.07, 6.45) is -4.75. The summed E-state index contributed by atoms with van der Waals surface area (Å²) in [5, 5.41) is 2.59. The second-order valence-electron chi connectivity index (χ2n) is 4.46. The van der Waals surface area contributed by atoms with Gasteiger partial charge in [-0.25, -0.2) is 0 Å². The van der Waals surface area contributed by atoms with E-state index in [-0.39, 0.29) is 5.75 Å². The lowest BCUT2D eigenvalue weighted by atomic mass is 10.2. The lowest BCUT2D eigenvalue weighted by molar-refractivity contribution is -0.274. The normalized spacial score (nSPS) is 11.0. The van der Waals surface area contributed by atoms with Crippen molar-refractivity contribution >= 4 is 11.6 Å². The van der Waals surface area contributed by atoms with Crippen LogP contribution in [0.3, 0.4) is 0 Å². The highest BCUT2D eigenvalue weighted by molar-refractivity contribution is 6.06. The molecule has 0 atom stereocenters. The van der Waals surface area contributed by atoms with Gasteiger partial charge in [0.1, 0.15) is 11.5 Å². The number of carbonyl (C=O) groups excluding carboxylic acids is 1. The molecule has 0 aliphatic carbocycles. The Morgan fingerprint density at radius 2 is 1.74 bits per heavy atom. The monoisotopic (exact) mass is 325 g/mol. The first-order valence-electron chi connectivity index (χ1n) is 6.78. The summed E-state index contributed by atoms with van der Waals surface area (Å²) in [6.45, 7) is 2.21. The van der Waals surface area contributed by atoms with Crippen molar-refractivity contribution in [2.75, 3.05) is 11.9 Å². The van der Waals surface area contributed by atoms with Gasteiger partial charge in [-0.3, -0.25) is 4.79 Å². The zero-order chi connectivity index (χ0) is 16.9. The van der Waals surface area contributed by atoms with Crippen molar-refractivity contribution in [3.8, 4) is 11.5 Å². The summed E-state index contributed by atoms with van der Waals surface area (Å²) in [7, 11) is 0. The van der Waals surface area contributed by atoms with E-state index in [0.29, 0.717) is 23.6 Å². The largest absolute Gasteiger partial charge is 0.573 e. The predicted octanol–water partition coefficient (Wildman–Crippen LogP) is 4.24. The van der Waals surface area contributed by atoms with Crippen molar-refractivity contribution in [3.63, 3.8) is 0 Å². The molecule has 0 saturated heterocycles. The van der Waals surface area contributed by atoms with Gasteiger partial charge in [-0.05, 0) is 43.3 Å². The number of benzene rings is 2. The molecule has 0 aliphatic heterocycles. The maximum absolute atomic E-state index is 12.2. The molecule has 0 aromatic heterocycles. The fourth-order valence-corrected chi connectivity index (χ4v) is 1.87. The van der Waals surface area contributed by atoms with Crippen LogP contribution < -0.4 is 14.8 Å². The van der Waals surface area contributed by atoms with Crippen molar-refractivity contribution < 1.29 is 27.4 Å². The molecule has 0 saturated carbocycles. The number of anilines is 1. The van der Waals surface area contributed by atoms with Crippen LogP contribution in [-0.4, -0.2) is 18.9 Å². The Morgan fingerprint density at radius 3 is 2.35 bits per heavy atom. The van der Waals surface area contributed by atoms with E-state index in [1.807, 2.05) is 0 Å². The Balaban J connectivity index is 2.09. The first kappa shape index (κ1) is 16.7. The molecule has 0 heterocycles. The second-order valence-corrected chi connectivity index (χ2v) is 4.46. The quantitative estimate of drug-likeness (QED) is 0.894. The number of nitrogens with one attached hydrogen (secondary N) is 1. The van der Waals surface area contributed by atoms with Crippen LogP contribution in [0.5, 0.6) is 11.5 Å². The molecule has 2 rings (SSSR count). The molecule has 7 heteroatoms. The molecule has 0 radical (unpaired) electrons. The highest BCUT2D eigenvalue weighted by Crippen LogP contribution is 2.25. The average molecular weight is 325 g/mol. The van der Waals surface area contributed by atoms with Crippen LogP contribution in [0.15, 0.2) is 48.5 Å². The summed E-state index contributed by atoms with van der Waals surface area (Å²) in [5.41, 5.74) is 0.681. The minimum atomic E-state index is -4.75. The first-order valence-corrected chi connectivity index (χ1v) is 6.78. The van der Waals surface area contributed by atoms with Crippen molar-refractivity contribution in [2.24, 2.45) is 0 Å². The van der Waals surface area contributed by atoms with Crippen molar-refractivity contribution in [2.45, 2.75) is 13.3 Å². The van der Waals surface area contributed by atoms with Crippen LogP contribution in [0, 0.1) is 0 Å². The van der Waals surface area contributed by atoms with Crippen LogP contribution in [0.1, 0.15) is 17.3 Å². The van der Waals surface area contributed by atoms with Crippen molar-refractivity contribution in [1.82, 2.24) is 0 Å². The predicted molar refractivity (Wildman–Crippen MR) is 78.7 cm³/mol. The number of amides is 1. The lowest BCUT2D eigenvalue weighted by Gasteiger charge is -2.11. The minimum absolute atomic E-state index is 0.338. The molecule has 0 aliphatic rings. The van der Waals surface area contributed by atoms with Crippen LogP contribution in [-0.2, 0) is 0 Å². The van der Waals surface area contributed by atoms with E-state index in [2.05, 4.69) is 10.1 Å². The molecule has 23 heavy (non-hydrogen) atoms.